The van der Waals surface area contributed by atoms with Crippen LogP contribution in [0.15, 0.2) is 53.9 Å². The van der Waals surface area contributed by atoms with Crippen molar-refractivity contribution in [3.05, 3.63) is 77.0 Å². The predicted octanol–water partition coefficient (Wildman–Crippen LogP) is 3.55. The molecule has 0 bridgehead atoms. The molecular weight excluding hydrogens is 384 g/mol. The monoisotopic (exact) mass is 410 g/mol. The fraction of sp³-hybridized carbons (Fsp3) is 0.364. The van der Waals surface area contributed by atoms with Gasteiger partial charge in [-0.25, -0.2) is 13.4 Å². The molecule has 1 aromatic carbocycles. The summed E-state index contributed by atoms with van der Waals surface area (Å²) in [4.78, 5) is 8.78. The molecule has 3 heterocycles. The number of hydrogen-bond donors (Lipinski definition) is 0. The van der Waals surface area contributed by atoms with Gasteiger partial charge in [-0.3, -0.25) is 4.98 Å². The van der Waals surface area contributed by atoms with Gasteiger partial charge in [-0.15, -0.1) is 0 Å². The fourth-order valence-electron chi connectivity index (χ4n) is 4.03. The third-order valence-electron chi connectivity index (χ3n) is 5.49. The summed E-state index contributed by atoms with van der Waals surface area (Å²) in [5.74, 6) is 0. The average molecular weight is 411 g/mol. The summed E-state index contributed by atoms with van der Waals surface area (Å²) in [5, 5.41) is 0.0969. The molecule has 7 heteroatoms. The molecule has 0 radical (unpaired) electrons. The van der Waals surface area contributed by atoms with Gasteiger partial charge in [0.05, 0.1) is 18.1 Å². The van der Waals surface area contributed by atoms with E-state index in [0.717, 1.165) is 36.2 Å². The zero-order valence-electron chi connectivity index (χ0n) is 17.0. The Morgan fingerprint density at radius 3 is 2.69 bits per heavy atom. The SMILES string of the molecule is Cc1cc(Cc2ccccc2C)cc(C2CCCN2S(=O)(=O)c2cn(C)cn2)n1. The van der Waals surface area contributed by atoms with Crippen LogP contribution in [-0.2, 0) is 23.5 Å². The molecule has 1 unspecified atom stereocenters. The number of benzene rings is 1. The van der Waals surface area contributed by atoms with Crippen LogP contribution in [0, 0.1) is 13.8 Å². The minimum Gasteiger partial charge on any atom is -0.339 e. The highest BCUT2D eigenvalue weighted by Gasteiger charge is 2.38. The van der Waals surface area contributed by atoms with Gasteiger partial charge in [0.15, 0.2) is 5.03 Å². The van der Waals surface area contributed by atoms with Gasteiger partial charge in [-0.05, 0) is 61.9 Å². The van der Waals surface area contributed by atoms with Gasteiger partial charge < -0.3 is 4.57 Å². The number of nitrogens with zero attached hydrogens (tertiary/aromatic N) is 4. The van der Waals surface area contributed by atoms with Crippen LogP contribution in [0.25, 0.3) is 0 Å². The molecule has 152 valence electrons. The number of pyridine rings is 1. The Balaban J connectivity index is 1.67. The van der Waals surface area contributed by atoms with Gasteiger partial charge in [-0.2, -0.15) is 4.31 Å². The largest absolute Gasteiger partial charge is 0.339 e. The van der Waals surface area contributed by atoms with E-state index < -0.39 is 10.0 Å². The Kier molecular flexibility index (Phi) is 5.27. The lowest BCUT2D eigenvalue weighted by molar-refractivity contribution is 0.388. The molecule has 1 aliphatic heterocycles. The third-order valence-corrected chi connectivity index (χ3v) is 7.28. The third kappa shape index (κ3) is 3.97. The molecule has 1 atom stereocenters. The molecule has 2 aromatic heterocycles. The molecule has 0 saturated carbocycles. The van der Waals surface area contributed by atoms with E-state index in [-0.39, 0.29) is 11.1 Å². The first-order valence-corrected chi connectivity index (χ1v) is 11.3. The maximum absolute atomic E-state index is 13.2. The van der Waals surface area contributed by atoms with Crippen LogP contribution in [0.2, 0.25) is 0 Å². The highest BCUT2D eigenvalue weighted by molar-refractivity contribution is 7.89. The van der Waals surface area contributed by atoms with E-state index in [1.165, 1.54) is 17.5 Å². The summed E-state index contributed by atoms with van der Waals surface area (Å²) in [7, 11) is -1.87. The first-order chi connectivity index (χ1) is 13.8. The molecule has 0 N–H and O–H groups in total. The number of sulfonamides is 1. The van der Waals surface area contributed by atoms with Crippen molar-refractivity contribution in [2.24, 2.45) is 7.05 Å². The molecule has 6 nitrogen and oxygen atoms in total. The molecule has 0 amide bonds. The maximum atomic E-state index is 13.2. The Morgan fingerprint density at radius 1 is 1.17 bits per heavy atom. The second kappa shape index (κ2) is 7.72. The number of aromatic nitrogens is 3. The van der Waals surface area contributed by atoms with Gasteiger partial charge >= 0.3 is 0 Å². The molecular formula is C22H26N4O2S. The topological polar surface area (TPSA) is 68.1 Å². The standard InChI is InChI=1S/C22H26N4O2S/c1-16-7-4-5-8-19(16)12-18-11-17(2)24-20(13-18)21-9-6-10-26(21)29(27,28)22-14-25(3)15-23-22/h4-5,7-8,11,13-15,21H,6,9-10,12H2,1-3H3. The van der Waals surface area contributed by atoms with Crippen LogP contribution >= 0.6 is 0 Å². The van der Waals surface area contributed by atoms with Crippen molar-refractivity contribution >= 4 is 10.0 Å². The first-order valence-electron chi connectivity index (χ1n) is 9.86. The van der Waals surface area contributed by atoms with E-state index in [2.05, 4.69) is 42.2 Å². The van der Waals surface area contributed by atoms with Crippen molar-refractivity contribution in [2.45, 2.75) is 44.2 Å². The van der Waals surface area contributed by atoms with Crippen molar-refractivity contribution in [3.63, 3.8) is 0 Å². The van der Waals surface area contributed by atoms with Crippen LogP contribution in [0.4, 0.5) is 0 Å². The van der Waals surface area contributed by atoms with Crippen LogP contribution < -0.4 is 0 Å². The van der Waals surface area contributed by atoms with Crippen LogP contribution in [0.5, 0.6) is 0 Å². The minimum atomic E-state index is -3.65. The van der Waals surface area contributed by atoms with Gasteiger partial charge in [0.2, 0.25) is 0 Å². The molecule has 3 aromatic rings. The molecule has 0 spiro atoms. The molecule has 1 fully saturated rings. The van der Waals surface area contributed by atoms with Crippen molar-refractivity contribution in [3.8, 4) is 0 Å². The van der Waals surface area contributed by atoms with E-state index in [1.807, 2.05) is 13.0 Å². The van der Waals surface area contributed by atoms with E-state index in [0.29, 0.717) is 6.54 Å². The van der Waals surface area contributed by atoms with Crippen molar-refractivity contribution in [1.29, 1.82) is 0 Å². The van der Waals surface area contributed by atoms with Gasteiger partial charge in [0, 0.05) is 25.5 Å². The zero-order valence-corrected chi connectivity index (χ0v) is 17.9. The van der Waals surface area contributed by atoms with Gasteiger partial charge in [0.1, 0.15) is 0 Å². The van der Waals surface area contributed by atoms with E-state index in [9.17, 15) is 8.42 Å². The van der Waals surface area contributed by atoms with Crippen molar-refractivity contribution < 1.29 is 8.42 Å². The Hall–Kier alpha value is -2.51. The minimum absolute atomic E-state index is 0.0969. The highest BCUT2D eigenvalue weighted by atomic mass is 32.2. The van der Waals surface area contributed by atoms with Crippen LogP contribution in [0.1, 0.15) is 47.0 Å². The number of rotatable bonds is 5. The highest BCUT2D eigenvalue weighted by Crippen LogP contribution is 2.36. The summed E-state index contributed by atoms with van der Waals surface area (Å²) in [6, 6.07) is 12.2. The van der Waals surface area contributed by atoms with Crippen LogP contribution in [-0.4, -0.2) is 33.8 Å². The molecule has 0 aliphatic carbocycles. The van der Waals surface area contributed by atoms with E-state index in [1.54, 1.807) is 22.1 Å². The average Bonchev–Trinajstić information content (AvgIpc) is 3.33. The zero-order chi connectivity index (χ0) is 20.6. The summed E-state index contributed by atoms with van der Waals surface area (Å²) in [5.41, 5.74) is 5.42. The molecule has 29 heavy (non-hydrogen) atoms. The van der Waals surface area contributed by atoms with E-state index in [4.69, 9.17) is 4.98 Å². The summed E-state index contributed by atoms with van der Waals surface area (Å²) >= 11 is 0. The Labute approximate surface area is 172 Å². The van der Waals surface area contributed by atoms with Crippen LogP contribution in [0.3, 0.4) is 0 Å². The lowest BCUT2D eigenvalue weighted by atomic mass is 9.99. The second-order valence-corrected chi connectivity index (χ2v) is 9.63. The predicted molar refractivity (Wildman–Crippen MR) is 112 cm³/mol. The summed E-state index contributed by atoms with van der Waals surface area (Å²) in [6.07, 6.45) is 5.47. The van der Waals surface area contributed by atoms with E-state index >= 15 is 0 Å². The maximum Gasteiger partial charge on any atom is 0.262 e. The van der Waals surface area contributed by atoms with Crippen molar-refractivity contribution in [1.82, 2.24) is 18.8 Å². The lowest BCUT2D eigenvalue weighted by Crippen LogP contribution is -2.31. The van der Waals surface area contributed by atoms with Gasteiger partial charge in [-0.1, -0.05) is 24.3 Å². The normalized spacial score (nSPS) is 17.7. The lowest BCUT2D eigenvalue weighted by Gasteiger charge is -2.23. The summed E-state index contributed by atoms with van der Waals surface area (Å²) in [6.45, 7) is 4.58. The quantitative estimate of drug-likeness (QED) is 0.645. The Morgan fingerprint density at radius 2 is 1.97 bits per heavy atom. The first kappa shape index (κ1) is 19.8. The fourth-order valence-corrected chi connectivity index (χ4v) is 5.67. The van der Waals surface area contributed by atoms with Crippen molar-refractivity contribution in [2.75, 3.05) is 6.54 Å². The number of hydrogen-bond acceptors (Lipinski definition) is 4. The molecule has 1 saturated heterocycles. The Bertz CT molecular complexity index is 1140. The molecule has 4 rings (SSSR count). The summed E-state index contributed by atoms with van der Waals surface area (Å²) < 4.78 is 29.5. The smallest absolute Gasteiger partial charge is 0.262 e. The molecule has 1 aliphatic rings. The van der Waals surface area contributed by atoms with Gasteiger partial charge in [0.25, 0.3) is 10.0 Å². The number of imidazole rings is 1. The number of aryl methyl sites for hydroxylation is 3. The second-order valence-electron chi connectivity index (χ2n) is 7.80.